The Hall–Kier alpha value is -0.860. The molecule has 1 aromatic rings. The van der Waals surface area contributed by atoms with E-state index in [4.69, 9.17) is 15.2 Å². The summed E-state index contributed by atoms with van der Waals surface area (Å²) in [6.07, 6.45) is 1.95. The van der Waals surface area contributed by atoms with Crippen molar-refractivity contribution < 1.29 is 9.47 Å². The number of hydrogen-bond acceptors (Lipinski definition) is 3. The molecule has 0 amide bonds. The zero-order chi connectivity index (χ0) is 15.8. The molecule has 0 radical (unpaired) electrons. The average Bonchev–Trinajstić information content (AvgIpc) is 2.55. The van der Waals surface area contributed by atoms with E-state index in [1.807, 2.05) is 13.0 Å². The van der Waals surface area contributed by atoms with Crippen LogP contribution in [0.2, 0.25) is 0 Å². The molecule has 5 nitrogen and oxygen atoms in total. The summed E-state index contributed by atoms with van der Waals surface area (Å²) in [5.41, 5.74) is 7.35. The first-order valence-corrected chi connectivity index (χ1v) is 7.85. The first-order chi connectivity index (χ1) is 10.7. The normalized spacial score (nSPS) is 18.8. The Morgan fingerprint density at radius 2 is 2.00 bits per heavy atom. The van der Waals surface area contributed by atoms with E-state index in [1.54, 1.807) is 7.11 Å². The van der Waals surface area contributed by atoms with Crippen LogP contribution < -0.4 is 11.1 Å². The van der Waals surface area contributed by atoms with Crippen LogP contribution in [0.25, 0.3) is 0 Å². The minimum Gasteiger partial charge on any atom is -0.383 e. The lowest BCUT2D eigenvalue weighted by Crippen LogP contribution is -2.43. The van der Waals surface area contributed by atoms with Gasteiger partial charge in [0.25, 0.3) is 0 Å². The third kappa shape index (κ3) is 5.93. The van der Waals surface area contributed by atoms with Crippen LogP contribution in [-0.2, 0) is 14.9 Å². The monoisotopic (exact) mass is 433 g/mol. The van der Waals surface area contributed by atoms with E-state index < -0.39 is 0 Å². The Morgan fingerprint density at radius 1 is 1.35 bits per heavy atom. The molecule has 1 aromatic carbocycles. The molecule has 3 N–H and O–H groups in total. The Balaban J connectivity index is 0.00000264. The Bertz CT molecular complexity index is 476. The zero-order valence-electron chi connectivity index (χ0n) is 14.0. The van der Waals surface area contributed by atoms with Crippen LogP contribution in [0.1, 0.15) is 25.3 Å². The first-order valence-electron chi connectivity index (χ1n) is 7.85. The molecule has 0 aliphatic carbocycles. The summed E-state index contributed by atoms with van der Waals surface area (Å²) in [5.74, 6) is 0.478. The third-order valence-corrected chi connectivity index (χ3v) is 4.20. The van der Waals surface area contributed by atoms with Crippen molar-refractivity contribution in [1.82, 2.24) is 5.32 Å². The summed E-state index contributed by atoms with van der Waals surface area (Å²) in [7, 11) is 1.68. The van der Waals surface area contributed by atoms with Gasteiger partial charge >= 0.3 is 0 Å². The number of halogens is 1. The van der Waals surface area contributed by atoms with Crippen molar-refractivity contribution in [2.75, 3.05) is 33.5 Å². The minimum absolute atomic E-state index is 0. The maximum Gasteiger partial charge on any atom is 0.188 e. The largest absolute Gasteiger partial charge is 0.383 e. The molecule has 1 saturated heterocycles. The molecule has 2 rings (SSSR count). The number of benzene rings is 1. The summed E-state index contributed by atoms with van der Waals surface area (Å²) >= 11 is 0. The van der Waals surface area contributed by atoms with Crippen LogP contribution in [0, 0.1) is 0 Å². The van der Waals surface area contributed by atoms with Crippen LogP contribution in [0.15, 0.2) is 35.3 Å². The minimum atomic E-state index is 0. The number of nitrogens with zero attached hydrogens (tertiary/aromatic N) is 1. The number of methoxy groups -OCH3 is 1. The van der Waals surface area contributed by atoms with Crippen LogP contribution in [0.5, 0.6) is 0 Å². The van der Waals surface area contributed by atoms with Gasteiger partial charge in [-0.15, -0.1) is 24.0 Å². The Kier molecular flexibility index (Phi) is 8.86. The summed E-state index contributed by atoms with van der Waals surface area (Å²) in [6.45, 7) is 4.86. The molecule has 130 valence electrons. The van der Waals surface area contributed by atoms with Gasteiger partial charge in [0.2, 0.25) is 0 Å². The van der Waals surface area contributed by atoms with Crippen molar-refractivity contribution in [1.29, 1.82) is 0 Å². The van der Waals surface area contributed by atoms with Gasteiger partial charge in [-0.2, -0.15) is 0 Å². The predicted molar refractivity (Wildman–Crippen MR) is 105 cm³/mol. The van der Waals surface area contributed by atoms with Crippen molar-refractivity contribution in [3.63, 3.8) is 0 Å². The van der Waals surface area contributed by atoms with Gasteiger partial charge in [-0.05, 0) is 25.3 Å². The fourth-order valence-corrected chi connectivity index (χ4v) is 2.92. The summed E-state index contributed by atoms with van der Waals surface area (Å²) < 4.78 is 10.6. The first kappa shape index (κ1) is 20.2. The second-order valence-corrected chi connectivity index (χ2v) is 5.96. The fourth-order valence-electron chi connectivity index (χ4n) is 2.92. The van der Waals surface area contributed by atoms with Gasteiger partial charge in [0, 0.05) is 31.8 Å². The standard InChI is InChI=1S/C17H27N3O2.HI/c1-14(12-21-2)20-16(18)19-13-17(8-10-22-11-9-17)15-6-4-3-5-7-15;/h3-7,14H,8-13H2,1-2H3,(H3,18,19,20);1H. The number of hydrogen-bond donors (Lipinski definition) is 2. The zero-order valence-corrected chi connectivity index (χ0v) is 16.3. The van der Waals surface area contributed by atoms with Crippen molar-refractivity contribution >= 4 is 29.9 Å². The van der Waals surface area contributed by atoms with Gasteiger partial charge in [0.1, 0.15) is 0 Å². The maximum atomic E-state index is 6.01. The van der Waals surface area contributed by atoms with Crippen LogP contribution in [-0.4, -0.2) is 45.5 Å². The highest BCUT2D eigenvalue weighted by molar-refractivity contribution is 14.0. The van der Waals surface area contributed by atoms with Crippen molar-refractivity contribution in [2.45, 2.75) is 31.2 Å². The lowest BCUT2D eigenvalue weighted by atomic mass is 9.74. The van der Waals surface area contributed by atoms with Crippen LogP contribution in [0.4, 0.5) is 0 Å². The lowest BCUT2D eigenvalue weighted by Gasteiger charge is -2.36. The van der Waals surface area contributed by atoms with Crippen molar-refractivity contribution in [2.24, 2.45) is 10.7 Å². The quantitative estimate of drug-likeness (QED) is 0.411. The Morgan fingerprint density at radius 3 is 2.61 bits per heavy atom. The molecule has 1 atom stereocenters. The summed E-state index contributed by atoms with van der Waals surface area (Å²) in [6, 6.07) is 10.7. The predicted octanol–water partition coefficient (Wildman–Crippen LogP) is 2.29. The fraction of sp³-hybridized carbons (Fsp3) is 0.588. The van der Waals surface area contributed by atoms with E-state index in [0.717, 1.165) is 26.1 Å². The summed E-state index contributed by atoms with van der Waals surface area (Å²) in [4.78, 5) is 4.59. The van der Waals surface area contributed by atoms with E-state index >= 15 is 0 Å². The Labute approximate surface area is 156 Å². The molecule has 0 spiro atoms. The van der Waals surface area contributed by atoms with E-state index in [-0.39, 0.29) is 35.4 Å². The van der Waals surface area contributed by atoms with Gasteiger partial charge in [-0.25, -0.2) is 0 Å². The molecule has 0 aromatic heterocycles. The van der Waals surface area contributed by atoms with Gasteiger partial charge in [0.05, 0.1) is 13.2 Å². The molecule has 1 unspecified atom stereocenters. The highest BCUT2D eigenvalue weighted by Crippen LogP contribution is 2.35. The second kappa shape index (κ2) is 10.1. The van der Waals surface area contributed by atoms with Gasteiger partial charge in [-0.3, -0.25) is 4.99 Å². The second-order valence-electron chi connectivity index (χ2n) is 5.96. The average molecular weight is 433 g/mol. The van der Waals surface area contributed by atoms with Crippen molar-refractivity contribution in [3.05, 3.63) is 35.9 Å². The van der Waals surface area contributed by atoms with Crippen molar-refractivity contribution in [3.8, 4) is 0 Å². The molecule has 1 aliphatic rings. The van der Waals surface area contributed by atoms with E-state index in [9.17, 15) is 0 Å². The highest BCUT2D eigenvalue weighted by atomic mass is 127. The number of ether oxygens (including phenoxy) is 2. The van der Waals surface area contributed by atoms with Gasteiger partial charge in [0.15, 0.2) is 5.96 Å². The molecule has 6 heteroatoms. The molecular formula is C17H28IN3O2. The molecule has 0 saturated carbocycles. The number of nitrogens with one attached hydrogen (secondary N) is 1. The molecule has 1 aliphatic heterocycles. The van der Waals surface area contributed by atoms with E-state index in [2.05, 4.69) is 34.6 Å². The number of aliphatic imine (C=N–C) groups is 1. The van der Waals surface area contributed by atoms with Gasteiger partial charge < -0.3 is 20.5 Å². The molecule has 23 heavy (non-hydrogen) atoms. The van der Waals surface area contributed by atoms with Crippen LogP contribution in [0.3, 0.4) is 0 Å². The molecule has 1 fully saturated rings. The number of rotatable bonds is 6. The molecule has 1 heterocycles. The summed E-state index contributed by atoms with van der Waals surface area (Å²) in [5, 5.41) is 3.16. The SMILES string of the molecule is COCC(C)NC(N)=NCC1(c2ccccc2)CCOCC1.I. The number of guanidine groups is 1. The lowest BCUT2D eigenvalue weighted by molar-refractivity contribution is 0.0531. The van der Waals surface area contributed by atoms with Crippen LogP contribution >= 0.6 is 24.0 Å². The number of nitrogens with two attached hydrogens (primary N) is 1. The molecular weight excluding hydrogens is 405 g/mol. The van der Waals surface area contributed by atoms with Gasteiger partial charge in [-0.1, -0.05) is 30.3 Å². The highest BCUT2D eigenvalue weighted by Gasteiger charge is 2.34. The smallest absolute Gasteiger partial charge is 0.188 e. The topological polar surface area (TPSA) is 68.9 Å². The van der Waals surface area contributed by atoms with E-state index in [0.29, 0.717) is 19.1 Å². The third-order valence-electron chi connectivity index (χ3n) is 4.20. The maximum absolute atomic E-state index is 6.01. The van der Waals surface area contributed by atoms with E-state index in [1.165, 1.54) is 5.56 Å². The molecule has 0 bridgehead atoms.